The molecule has 1 aromatic heterocycles. The zero-order valence-electron chi connectivity index (χ0n) is 16.2. The fourth-order valence-electron chi connectivity index (χ4n) is 3.31. The topological polar surface area (TPSA) is 80.4 Å². The van der Waals surface area contributed by atoms with Crippen LogP contribution in [0.4, 0.5) is 5.69 Å². The number of nitrogens with zero attached hydrogens (tertiary/aromatic N) is 1. The molecule has 3 aromatic rings. The van der Waals surface area contributed by atoms with E-state index in [2.05, 4.69) is 0 Å². The van der Waals surface area contributed by atoms with Gasteiger partial charge in [0.15, 0.2) is 0 Å². The van der Waals surface area contributed by atoms with Crippen LogP contribution in [0.2, 0.25) is 0 Å². The molecule has 6 heteroatoms. The van der Waals surface area contributed by atoms with Gasteiger partial charge in [-0.15, -0.1) is 11.3 Å². The zero-order chi connectivity index (χ0) is 21.0. The van der Waals surface area contributed by atoms with E-state index in [0.717, 1.165) is 11.1 Å². The van der Waals surface area contributed by atoms with Crippen LogP contribution >= 0.6 is 11.3 Å². The summed E-state index contributed by atoms with van der Waals surface area (Å²) < 4.78 is 0.670. The van der Waals surface area contributed by atoms with Crippen molar-refractivity contribution in [1.82, 2.24) is 0 Å². The average Bonchev–Trinajstić information content (AvgIpc) is 3.32. The second kappa shape index (κ2) is 8.84. The number of Topliss-reactive ketones (excluding diaryl/α,β-unsaturated/α-hetero) is 1. The number of hydrogen-bond donors (Lipinski definition) is 1. The summed E-state index contributed by atoms with van der Waals surface area (Å²) >= 11 is 1.24. The predicted molar refractivity (Wildman–Crippen MR) is 115 cm³/mol. The highest BCUT2D eigenvalue weighted by Crippen LogP contribution is 2.33. The summed E-state index contributed by atoms with van der Waals surface area (Å²) in [7, 11) is 0. The van der Waals surface area contributed by atoms with Crippen molar-refractivity contribution in [2.45, 2.75) is 26.7 Å². The Morgan fingerprint density at radius 2 is 1.72 bits per heavy atom. The summed E-state index contributed by atoms with van der Waals surface area (Å²) in [6.45, 7) is 4.00. The van der Waals surface area contributed by atoms with E-state index in [9.17, 15) is 19.9 Å². The fraction of sp³-hybridized carbons (Fsp3) is 0.174. The van der Waals surface area contributed by atoms with Crippen LogP contribution in [-0.2, 0) is 17.6 Å². The van der Waals surface area contributed by atoms with E-state index < -0.39 is 5.97 Å². The molecule has 1 N–H and O–H groups in total. The third kappa shape index (κ3) is 3.98. The normalized spacial score (nSPS) is 12.2. The van der Waals surface area contributed by atoms with E-state index in [-0.39, 0.29) is 29.9 Å². The molecule has 0 saturated carbocycles. The fourth-order valence-corrected chi connectivity index (χ4v) is 4.35. The Labute approximate surface area is 173 Å². The molecule has 1 aliphatic heterocycles. The molecule has 148 valence electrons. The summed E-state index contributed by atoms with van der Waals surface area (Å²) in [5, 5.41) is 23.9. The number of fused-ring (bicyclic) bond motifs is 1. The zero-order valence-corrected chi connectivity index (χ0v) is 17.0. The molecule has 1 aliphatic rings. The number of aromatic carboxylic acids is 1. The number of ketones is 1. The molecule has 5 nitrogen and oxygen atoms in total. The number of carbonyl (C=O) groups excluding carboxylic acids is 1. The minimum Gasteiger partial charge on any atom is -0.618 e. The van der Waals surface area contributed by atoms with Gasteiger partial charge in [-0.2, -0.15) is 4.74 Å². The van der Waals surface area contributed by atoms with Crippen LogP contribution in [0.15, 0.2) is 60.0 Å². The lowest BCUT2D eigenvalue weighted by Gasteiger charge is -2.04. The van der Waals surface area contributed by atoms with Crippen molar-refractivity contribution in [1.29, 1.82) is 0 Å². The summed E-state index contributed by atoms with van der Waals surface area (Å²) in [4.78, 5) is 25.0. The van der Waals surface area contributed by atoms with E-state index in [4.69, 9.17) is 0 Å². The number of carboxylic acids is 1. The first-order chi connectivity index (χ1) is 14.1. The molecule has 0 saturated heterocycles. The van der Waals surface area contributed by atoms with E-state index in [1.165, 1.54) is 11.3 Å². The Kier molecular flexibility index (Phi) is 6.24. The number of thiophene rings is 1. The molecule has 0 spiro atoms. The van der Waals surface area contributed by atoms with Crippen LogP contribution in [0.3, 0.4) is 0 Å². The SMILES string of the molecule is CC.O=C(Cc1scc(-c2ccccc2)c1C(=O)O)C1=[N+]([O-])c2ccccc2C1. The summed E-state index contributed by atoms with van der Waals surface area (Å²) in [6.07, 6.45) is 0.180. The Balaban J connectivity index is 0.00000117. The van der Waals surface area contributed by atoms with Crippen LogP contribution in [-0.4, -0.2) is 27.3 Å². The number of para-hydroxylation sites is 1. The molecule has 0 unspecified atom stereocenters. The Hall–Kier alpha value is -3.25. The molecule has 0 aliphatic carbocycles. The second-order valence-corrected chi connectivity index (χ2v) is 7.23. The molecule has 0 atom stereocenters. The van der Waals surface area contributed by atoms with Gasteiger partial charge in [0.2, 0.25) is 17.2 Å². The van der Waals surface area contributed by atoms with Crippen molar-refractivity contribution in [3.05, 3.63) is 81.2 Å². The quantitative estimate of drug-likeness (QED) is 0.472. The number of benzene rings is 2. The van der Waals surface area contributed by atoms with E-state index in [0.29, 0.717) is 20.9 Å². The standard InChI is InChI=1S/C21H15NO4S.C2H6/c23-18(17-10-14-8-4-5-9-16(14)22(17)26)11-19-20(21(24)25)15(12-27-19)13-6-2-1-3-7-13;1-2/h1-9,12H,10-11H2,(H,24,25);1-2H3. The van der Waals surface area contributed by atoms with Crippen molar-refractivity contribution in [3.8, 4) is 11.1 Å². The van der Waals surface area contributed by atoms with Gasteiger partial charge in [-0.3, -0.25) is 4.79 Å². The maximum absolute atomic E-state index is 12.7. The van der Waals surface area contributed by atoms with Crippen LogP contribution in [0, 0.1) is 5.21 Å². The predicted octanol–water partition coefficient (Wildman–Crippen LogP) is 5.09. The number of rotatable bonds is 5. The number of carboxylic acid groups (broad SMARTS) is 1. The van der Waals surface area contributed by atoms with Gasteiger partial charge < -0.3 is 10.3 Å². The maximum atomic E-state index is 12.7. The minimum absolute atomic E-state index is 0.0960. The molecule has 29 heavy (non-hydrogen) atoms. The first kappa shape index (κ1) is 20.5. The smallest absolute Gasteiger partial charge is 0.337 e. The largest absolute Gasteiger partial charge is 0.618 e. The van der Waals surface area contributed by atoms with Crippen LogP contribution < -0.4 is 0 Å². The minimum atomic E-state index is -1.07. The summed E-state index contributed by atoms with van der Waals surface area (Å²) in [5.41, 5.74) is 2.96. The van der Waals surface area contributed by atoms with Crippen molar-refractivity contribution < 1.29 is 19.4 Å². The molecular formula is C23H21NO4S. The lowest BCUT2D eigenvalue weighted by atomic mass is 10.00. The molecule has 0 fully saturated rings. The van der Waals surface area contributed by atoms with Gasteiger partial charge in [0, 0.05) is 22.1 Å². The first-order valence-corrected chi connectivity index (χ1v) is 10.3. The molecule has 4 rings (SSSR count). The van der Waals surface area contributed by atoms with Gasteiger partial charge in [0.25, 0.3) is 0 Å². The van der Waals surface area contributed by atoms with Gasteiger partial charge >= 0.3 is 5.97 Å². The molecule has 0 radical (unpaired) electrons. The van der Waals surface area contributed by atoms with Crippen LogP contribution in [0.1, 0.15) is 34.6 Å². The van der Waals surface area contributed by atoms with E-state index in [1.54, 1.807) is 17.5 Å². The lowest BCUT2D eigenvalue weighted by Crippen LogP contribution is -2.22. The summed E-state index contributed by atoms with van der Waals surface area (Å²) in [5.74, 6) is -1.42. The maximum Gasteiger partial charge on any atom is 0.337 e. The summed E-state index contributed by atoms with van der Waals surface area (Å²) in [6, 6.07) is 16.3. The van der Waals surface area contributed by atoms with Gasteiger partial charge in [-0.1, -0.05) is 62.4 Å². The average molecular weight is 407 g/mol. The first-order valence-electron chi connectivity index (χ1n) is 9.39. The molecular weight excluding hydrogens is 386 g/mol. The molecule has 2 aromatic carbocycles. The van der Waals surface area contributed by atoms with Crippen molar-refractivity contribution in [2.24, 2.45) is 0 Å². The second-order valence-electron chi connectivity index (χ2n) is 6.27. The highest BCUT2D eigenvalue weighted by atomic mass is 32.1. The van der Waals surface area contributed by atoms with E-state index >= 15 is 0 Å². The van der Waals surface area contributed by atoms with Crippen molar-refractivity contribution >= 4 is 34.5 Å². The van der Waals surface area contributed by atoms with Gasteiger partial charge in [-0.05, 0) is 10.9 Å². The van der Waals surface area contributed by atoms with Crippen LogP contribution in [0.25, 0.3) is 11.1 Å². The van der Waals surface area contributed by atoms with E-state index in [1.807, 2.05) is 56.3 Å². The molecule has 0 bridgehead atoms. The highest BCUT2D eigenvalue weighted by molar-refractivity contribution is 7.11. The third-order valence-corrected chi connectivity index (χ3v) is 5.61. The third-order valence-electron chi connectivity index (χ3n) is 4.62. The van der Waals surface area contributed by atoms with Crippen LogP contribution in [0.5, 0.6) is 0 Å². The number of carbonyl (C=O) groups is 2. The van der Waals surface area contributed by atoms with Gasteiger partial charge in [0.05, 0.1) is 18.4 Å². The molecule has 2 heterocycles. The highest BCUT2D eigenvalue weighted by Gasteiger charge is 2.32. The Morgan fingerprint density at radius 3 is 2.38 bits per heavy atom. The molecule has 0 amide bonds. The Morgan fingerprint density at radius 1 is 1.07 bits per heavy atom. The Bertz CT molecular complexity index is 1080. The lowest BCUT2D eigenvalue weighted by molar-refractivity contribution is -0.356. The van der Waals surface area contributed by atoms with Gasteiger partial charge in [0.1, 0.15) is 0 Å². The monoisotopic (exact) mass is 407 g/mol. The van der Waals surface area contributed by atoms with Crippen molar-refractivity contribution in [2.75, 3.05) is 0 Å². The van der Waals surface area contributed by atoms with Gasteiger partial charge in [-0.25, -0.2) is 4.79 Å². The number of hydrogen-bond acceptors (Lipinski definition) is 4. The van der Waals surface area contributed by atoms with Crippen molar-refractivity contribution in [3.63, 3.8) is 0 Å².